The van der Waals surface area contributed by atoms with Crippen molar-refractivity contribution < 1.29 is 35.9 Å². The van der Waals surface area contributed by atoms with Crippen LogP contribution in [0.25, 0.3) is 0 Å². The van der Waals surface area contributed by atoms with Gasteiger partial charge in [-0.25, -0.2) is 4.79 Å². The topological polar surface area (TPSA) is 26.3 Å². The molecule has 0 aromatic rings. The van der Waals surface area contributed by atoms with Gasteiger partial charge in [0.1, 0.15) is 5.57 Å². The monoisotopic (exact) mass is 236 g/mol. The van der Waals surface area contributed by atoms with E-state index in [1.807, 2.05) is 0 Å². The van der Waals surface area contributed by atoms with Gasteiger partial charge >= 0.3 is 18.3 Å². The van der Waals surface area contributed by atoms with Crippen LogP contribution in [0, 0.1) is 0 Å². The number of carbonyl (C=O) groups is 1. The van der Waals surface area contributed by atoms with Gasteiger partial charge in [-0.15, -0.1) is 0 Å². The Hall–Kier alpha value is -1.21. The molecule has 0 aromatic heterocycles. The van der Waals surface area contributed by atoms with Gasteiger partial charge in [-0.1, -0.05) is 0 Å². The third-order valence-electron chi connectivity index (χ3n) is 1.11. The molecule has 0 unspecified atom stereocenters. The zero-order chi connectivity index (χ0) is 12.3. The second-order valence-electron chi connectivity index (χ2n) is 2.32. The molecule has 0 spiro atoms. The number of halogens is 6. The number of esters is 1. The average Bonchev–Trinajstić information content (AvgIpc) is 1.97. The summed E-state index contributed by atoms with van der Waals surface area (Å²) in [5.74, 6) is -2.04. The standard InChI is InChI=1S/C7H6F6O2/c1-2-15-5(14)4(7(11,12)13)3-6(8,9)10/h3H,2H2,1H3/b4-3+. The van der Waals surface area contributed by atoms with Gasteiger partial charge in [-0.3, -0.25) is 0 Å². The third kappa shape index (κ3) is 5.28. The number of carbonyl (C=O) groups excluding carboxylic acids is 1. The van der Waals surface area contributed by atoms with E-state index in [-0.39, 0.29) is 0 Å². The van der Waals surface area contributed by atoms with E-state index in [4.69, 9.17) is 0 Å². The van der Waals surface area contributed by atoms with Crippen LogP contribution < -0.4 is 0 Å². The van der Waals surface area contributed by atoms with Crippen LogP contribution in [0.4, 0.5) is 26.3 Å². The zero-order valence-electron chi connectivity index (χ0n) is 7.37. The first-order chi connectivity index (χ1) is 6.58. The molecule has 0 bridgehead atoms. The van der Waals surface area contributed by atoms with Gasteiger partial charge < -0.3 is 4.74 Å². The first-order valence-corrected chi connectivity index (χ1v) is 3.62. The van der Waals surface area contributed by atoms with Crippen LogP contribution >= 0.6 is 0 Å². The lowest BCUT2D eigenvalue weighted by Crippen LogP contribution is -2.24. The molecule has 0 rings (SSSR count). The van der Waals surface area contributed by atoms with E-state index in [2.05, 4.69) is 4.74 Å². The summed E-state index contributed by atoms with van der Waals surface area (Å²) in [5.41, 5.74) is -2.36. The summed E-state index contributed by atoms with van der Waals surface area (Å²) in [6, 6.07) is 0. The molecule has 0 aliphatic rings. The van der Waals surface area contributed by atoms with Gasteiger partial charge in [-0.2, -0.15) is 26.3 Å². The van der Waals surface area contributed by atoms with Crippen molar-refractivity contribution in [1.29, 1.82) is 0 Å². The van der Waals surface area contributed by atoms with E-state index in [1.54, 1.807) is 0 Å². The molecule has 88 valence electrons. The van der Waals surface area contributed by atoms with Crippen molar-refractivity contribution in [3.05, 3.63) is 11.6 Å². The smallest absolute Gasteiger partial charge is 0.423 e. The lowest BCUT2D eigenvalue weighted by molar-refractivity contribution is -0.152. The van der Waals surface area contributed by atoms with E-state index in [1.165, 1.54) is 6.92 Å². The molecule has 0 atom stereocenters. The fourth-order valence-electron chi connectivity index (χ4n) is 0.629. The Morgan fingerprint density at radius 3 is 1.93 bits per heavy atom. The highest BCUT2D eigenvalue weighted by molar-refractivity contribution is 5.90. The molecule has 0 amide bonds. The molecule has 0 heterocycles. The largest absolute Gasteiger partial charge is 0.462 e. The summed E-state index contributed by atoms with van der Waals surface area (Å²) < 4.78 is 74.7. The van der Waals surface area contributed by atoms with Crippen LogP contribution in [0.5, 0.6) is 0 Å². The summed E-state index contributed by atoms with van der Waals surface area (Å²) in [6.45, 7) is 0.740. The predicted octanol–water partition coefficient (Wildman–Crippen LogP) is 2.60. The normalized spacial score (nSPS) is 13.9. The molecule has 8 heteroatoms. The minimum Gasteiger partial charge on any atom is -0.462 e. The van der Waals surface area contributed by atoms with Crippen molar-refractivity contribution in [2.45, 2.75) is 19.3 Å². The van der Waals surface area contributed by atoms with E-state index in [9.17, 15) is 31.1 Å². The molecule has 0 saturated heterocycles. The Morgan fingerprint density at radius 1 is 1.20 bits per heavy atom. The number of rotatable bonds is 2. The van der Waals surface area contributed by atoms with Gasteiger partial charge in [0.25, 0.3) is 0 Å². The highest BCUT2D eigenvalue weighted by Gasteiger charge is 2.43. The average molecular weight is 236 g/mol. The molecule has 0 N–H and O–H groups in total. The van der Waals surface area contributed by atoms with Gasteiger partial charge in [0.2, 0.25) is 0 Å². The van der Waals surface area contributed by atoms with Gasteiger partial charge in [0, 0.05) is 6.08 Å². The number of alkyl halides is 6. The number of hydrogen-bond acceptors (Lipinski definition) is 2. The fraction of sp³-hybridized carbons (Fsp3) is 0.571. The minimum absolute atomic E-state index is 0.440. The SMILES string of the molecule is CCOC(=O)/C(=C\C(F)(F)F)C(F)(F)F. The van der Waals surface area contributed by atoms with Gasteiger partial charge in [0.05, 0.1) is 6.61 Å². The van der Waals surface area contributed by atoms with Crippen molar-refractivity contribution in [3.63, 3.8) is 0 Å². The molecule has 0 aliphatic heterocycles. The van der Waals surface area contributed by atoms with E-state index in [0.29, 0.717) is 0 Å². The minimum atomic E-state index is -5.39. The molecule has 0 fully saturated rings. The molecule has 0 aliphatic carbocycles. The quantitative estimate of drug-likeness (QED) is 0.418. The lowest BCUT2D eigenvalue weighted by Gasteiger charge is -2.11. The highest BCUT2D eigenvalue weighted by Crippen LogP contribution is 2.30. The molecular formula is C7H6F6O2. The highest BCUT2D eigenvalue weighted by atomic mass is 19.4. The second-order valence-corrected chi connectivity index (χ2v) is 2.32. The van der Waals surface area contributed by atoms with Crippen LogP contribution in [0.2, 0.25) is 0 Å². The molecule has 0 aromatic carbocycles. The Labute approximate surface area is 80.5 Å². The molecular weight excluding hydrogens is 230 g/mol. The first kappa shape index (κ1) is 13.8. The van der Waals surface area contributed by atoms with Crippen LogP contribution in [-0.4, -0.2) is 24.9 Å². The van der Waals surface area contributed by atoms with E-state index >= 15 is 0 Å². The van der Waals surface area contributed by atoms with E-state index < -0.39 is 36.6 Å². The van der Waals surface area contributed by atoms with Gasteiger partial charge in [0.15, 0.2) is 0 Å². The number of allylic oxidation sites excluding steroid dienone is 1. The number of hydrogen-bond donors (Lipinski definition) is 0. The summed E-state index contributed by atoms with van der Waals surface area (Å²) >= 11 is 0. The summed E-state index contributed by atoms with van der Waals surface area (Å²) in [4.78, 5) is 10.6. The summed E-state index contributed by atoms with van der Waals surface area (Å²) in [6.07, 6.45) is -11.7. The Balaban J connectivity index is 5.09. The van der Waals surface area contributed by atoms with E-state index in [0.717, 1.165) is 0 Å². The van der Waals surface area contributed by atoms with Crippen molar-refractivity contribution in [3.8, 4) is 0 Å². The molecule has 0 radical (unpaired) electrons. The van der Waals surface area contributed by atoms with Crippen molar-refractivity contribution in [2.75, 3.05) is 6.61 Å². The number of ether oxygens (including phenoxy) is 1. The van der Waals surface area contributed by atoms with Crippen LogP contribution in [0.1, 0.15) is 6.92 Å². The lowest BCUT2D eigenvalue weighted by atomic mass is 10.2. The second kappa shape index (κ2) is 4.54. The van der Waals surface area contributed by atoms with Gasteiger partial charge in [-0.05, 0) is 6.92 Å². The summed E-state index contributed by atoms with van der Waals surface area (Å²) in [5, 5.41) is 0. The molecule has 15 heavy (non-hydrogen) atoms. The third-order valence-corrected chi connectivity index (χ3v) is 1.11. The molecule has 2 nitrogen and oxygen atoms in total. The maximum atomic E-state index is 12.0. The van der Waals surface area contributed by atoms with Crippen LogP contribution in [-0.2, 0) is 9.53 Å². The Morgan fingerprint density at radius 2 is 1.67 bits per heavy atom. The van der Waals surface area contributed by atoms with Crippen LogP contribution in [0.15, 0.2) is 11.6 Å². The van der Waals surface area contributed by atoms with Crippen LogP contribution in [0.3, 0.4) is 0 Å². The zero-order valence-corrected chi connectivity index (χ0v) is 7.37. The predicted molar refractivity (Wildman–Crippen MR) is 36.8 cm³/mol. The Bertz CT molecular complexity index is 262. The maximum Gasteiger partial charge on any atom is 0.423 e. The van der Waals surface area contributed by atoms with Crippen molar-refractivity contribution in [2.24, 2.45) is 0 Å². The van der Waals surface area contributed by atoms with Crippen molar-refractivity contribution in [1.82, 2.24) is 0 Å². The molecule has 0 saturated carbocycles. The Kier molecular flexibility index (Phi) is 4.17. The maximum absolute atomic E-state index is 12.0. The van der Waals surface area contributed by atoms with Crippen molar-refractivity contribution >= 4 is 5.97 Å². The summed E-state index contributed by atoms with van der Waals surface area (Å²) in [7, 11) is 0. The first-order valence-electron chi connectivity index (χ1n) is 3.62. The fourth-order valence-corrected chi connectivity index (χ4v) is 0.629.